The van der Waals surface area contributed by atoms with Gasteiger partial charge in [0.1, 0.15) is 35.0 Å². The van der Waals surface area contributed by atoms with Crippen molar-refractivity contribution in [3.8, 4) is 35.1 Å². The summed E-state index contributed by atoms with van der Waals surface area (Å²) in [4.78, 5) is 0. The Morgan fingerprint density at radius 2 is 1.52 bits per heavy atom. The Kier molecular flexibility index (Phi) is 4.60. The molecule has 0 N–H and O–H groups in total. The highest BCUT2D eigenvalue weighted by atomic mass is 19.1. The summed E-state index contributed by atoms with van der Waals surface area (Å²) in [6.45, 7) is 0. The average molecular weight is 330 g/mol. The van der Waals surface area contributed by atoms with Crippen LogP contribution in [0.15, 0.2) is 66.7 Å². The third-order valence-electron chi connectivity index (χ3n) is 3.36. The maximum atomic E-state index is 13.7. The Labute approximate surface area is 143 Å². The molecular weight excluding hydrogens is 319 g/mol. The first-order chi connectivity index (χ1) is 12.2. The normalized spacial score (nSPS) is 9.72. The van der Waals surface area contributed by atoms with Crippen LogP contribution >= 0.6 is 0 Å². The standard InChI is InChI=1S/C20H11FN2O2/c21-15-9-10-19(24-16-6-2-1-3-7-16)20(11-15)25-18-8-4-5-14(12-22)17(18)13-23/h1-11H. The number of halogens is 1. The fourth-order valence-electron chi connectivity index (χ4n) is 2.20. The van der Waals surface area contributed by atoms with Crippen LogP contribution in [-0.4, -0.2) is 0 Å². The molecule has 0 aliphatic heterocycles. The van der Waals surface area contributed by atoms with Crippen LogP contribution in [0.4, 0.5) is 4.39 Å². The summed E-state index contributed by atoms with van der Waals surface area (Å²) in [5, 5.41) is 18.4. The summed E-state index contributed by atoms with van der Waals surface area (Å²) in [7, 11) is 0. The number of nitrogens with zero attached hydrogens (tertiary/aromatic N) is 2. The van der Waals surface area contributed by atoms with Crippen LogP contribution < -0.4 is 9.47 Å². The lowest BCUT2D eigenvalue weighted by Crippen LogP contribution is -1.95. The van der Waals surface area contributed by atoms with Crippen molar-refractivity contribution in [3.63, 3.8) is 0 Å². The number of nitriles is 2. The number of benzene rings is 3. The summed E-state index contributed by atoms with van der Waals surface area (Å²) >= 11 is 0. The Morgan fingerprint density at radius 3 is 2.24 bits per heavy atom. The zero-order valence-corrected chi connectivity index (χ0v) is 12.9. The summed E-state index contributed by atoms with van der Waals surface area (Å²) in [5.74, 6) is 0.606. The van der Waals surface area contributed by atoms with Crippen LogP contribution in [0, 0.1) is 28.5 Å². The molecule has 120 valence electrons. The molecule has 0 bridgehead atoms. The van der Waals surface area contributed by atoms with Crippen molar-refractivity contribution >= 4 is 0 Å². The van der Waals surface area contributed by atoms with E-state index in [0.717, 1.165) is 0 Å². The molecule has 25 heavy (non-hydrogen) atoms. The lowest BCUT2D eigenvalue weighted by atomic mass is 10.1. The van der Waals surface area contributed by atoms with Gasteiger partial charge >= 0.3 is 0 Å². The second-order valence-electron chi connectivity index (χ2n) is 5.01. The van der Waals surface area contributed by atoms with Gasteiger partial charge in [-0.05, 0) is 36.4 Å². The second-order valence-corrected chi connectivity index (χ2v) is 5.01. The fraction of sp³-hybridized carbons (Fsp3) is 0. The number of rotatable bonds is 4. The van der Waals surface area contributed by atoms with Gasteiger partial charge in [0, 0.05) is 6.07 Å². The van der Waals surface area contributed by atoms with E-state index in [9.17, 15) is 9.65 Å². The molecule has 0 atom stereocenters. The van der Waals surface area contributed by atoms with Crippen molar-refractivity contribution in [1.29, 1.82) is 10.5 Å². The Balaban J connectivity index is 2.00. The number of para-hydroxylation sites is 1. The molecule has 0 spiro atoms. The van der Waals surface area contributed by atoms with Gasteiger partial charge in [0.05, 0.1) is 5.56 Å². The van der Waals surface area contributed by atoms with Gasteiger partial charge in [0.25, 0.3) is 0 Å². The minimum atomic E-state index is -0.509. The molecule has 0 aromatic heterocycles. The third kappa shape index (κ3) is 3.57. The molecule has 0 aliphatic carbocycles. The Hall–Kier alpha value is -3.83. The van der Waals surface area contributed by atoms with E-state index >= 15 is 0 Å². The lowest BCUT2D eigenvalue weighted by Gasteiger charge is -2.13. The molecule has 3 aromatic carbocycles. The third-order valence-corrected chi connectivity index (χ3v) is 3.36. The molecule has 3 rings (SSSR count). The Bertz CT molecular complexity index is 989. The van der Waals surface area contributed by atoms with Gasteiger partial charge in [-0.1, -0.05) is 24.3 Å². The molecule has 0 heterocycles. The highest BCUT2D eigenvalue weighted by molar-refractivity contribution is 5.56. The van der Waals surface area contributed by atoms with Gasteiger partial charge in [0.2, 0.25) is 0 Å². The van der Waals surface area contributed by atoms with Gasteiger partial charge in [-0.25, -0.2) is 4.39 Å². The summed E-state index contributed by atoms with van der Waals surface area (Å²) in [6, 6.07) is 21.3. The molecule has 0 fully saturated rings. The highest BCUT2D eigenvalue weighted by Crippen LogP contribution is 2.36. The molecule has 5 heteroatoms. The molecule has 0 amide bonds. The maximum absolute atomic E-state index is 13.7. The molecule has 0 saturated carbocycles. The zero-order valence-electron chi connectivity index (χ0n) is 12.9. The van der Waals surface area contributed by atoms with E-state index in [1.54, 1.807) is 18.2 Å². The van der Waals surface area contributed by atoms with E-state index in [1.807, 2.05) is 30.3 Å². The van der Waals surface area contributed by atoms with Crippen LogP contribution in [-0.2, 0) is 0 Å². The van der Waals surface area contributed by atoms with Crippen molar-refractivity contribution in [2.24, 2.45) is 0 Å². The number of hydrogen-bond donors (Lipinski definition) is 0. The molecule has 0 radical (unpaired) electrons. The summed E-state index contributed by atoms with van der Waals surface area (Å²) in [6.07, 6.45) is 0. The van der Waals surface area contributed by atoms with E-state index in [4.69, 9.17) is 14.7 Å². The van der Waals surface area contributed by atoms with Crippen LogP contribution in [0.25, 0.3) is 0 Å². The monoisotopic (exact) mass is 330 g/mol. The molecule has 0 aliphatic rings. The first-order valence-corrected chi connectivity index (χ1v) is 7.35. The van der Waals surface area contributed by atoms with Crippen LogP contribution in [0.3, 0.4) is 0 Å². The first kappa shape index (κ1) is 16.0. The predicted molar refractivity (Wildman–Crippen MR) is 88.9 cm³/mol. The van der Waals surface area contributed by atoms with Crippen LogP contribution in [0.1, 0.15) is 11.1 Å². The second kappa shape index (κ2) is 7.16. The summed E-state index contributed by atoms with van der Waals surface area (Å²) < 4.78 is 25.1. The van der Waals surface area contributed by atoms with Crippen LogP contribution in [0.5, 0.6) is 23.0 Å². The fourth-order valence-corrected chi connectivity index (χ4v) is 2.20. The van der Waals surface area contributed by atoms with Crippen molar-refractivity contribution in [3.05, 3.63) is 83.7 Å². The predicted octanol–water partition coefficient (Wildman–Crippen LogP) is 5.15. The van der Waals surface area contributed by atoms with E-state index in [0.29, 0.717) is 11.5 Å². The zero-order chi connectivity index (χ0) is 17.6. The lowest BCUT2D eigenvalue weighted by molar-refractivity contribution is 0.414. The van der Waals surface area contributed by atoms with Crippen molar-refractivity contribution in [1.82, 2.24) is 0 Å². The molecule has 0 saturated heterocycles. The van der Waals surface area contributed by atoms with Crippen molar-refractivity contribution in [2.75, 3.05) is 0 Å². The molecule has 3 aromatic rings. The quantitative estimate of drug-likeness (QED) is 0.663. The smallest absolute Gasteiger partial charge is 0.172 e. The largest absolute Gasteiger partial charge is 0.453 e. The van der Waals surface area contributed by atoms with Crippen LogP contribution in [0.2, 0.25) is 0 Å². The summed E-state index contributed by atoms with van der Waals surface area (Å²) in [5.41, 5.74) is 0.266. The first-order valence-electron chi connectivity index (χ1n) is 7.35. The number of hydrogen-bond acceptors (Lipinski definition) is 4. The van der Waals surface area contributed by atoms with Gasteiger partial charge in [-0.2, -0.15) is 10.5 Å². The SMILES string of the molecule is N#Cc1cccc(Oc2cc(F)ccc2Oc2ccccc2)c1C#N. The minimum absolute atomic E-state index is 0.0833. The van der Waals surface area contributed by atoms with Crippen molar-refractivity contribution < 1.29 is 13.9 Å². The van der Waals surface area contributed by atoms with E-state index in [1.165, 1.54) is 30.3 Å². The average Bonchev–Trinajstić information content (AvgIpc) is 2.64. The number of ether oxygens (including phenoxy) is 2. The molecule has 0 unspecified atom stereocenters. The van der Waals surface area contributed by atoms with Gasteiger partial charge < -0.3 is 9.47 Å². The highest BCUT2D eigenvalue weighted by Gasteiger charge is 2.14. The van der Waals surface area contributed by atoms with Gasteiger partial charge in [0.15, 0.2) is 11.5 Å². The maximum Gasteiger partial charge on any atom is 0.172 e. The molecule has 4 nitrogen and oxygen atoms in total. The minimum Gasteiger partial charge on any atom is -0.453 e. The van der Waals surface area contributed by atoms with E-state index in [-0.39, 0.29) is 22.6 Å². The van der Waals surface area contributed by atoms with Gasteiger partial charge in [-0.3, -0.25) is 0 Å². The Morgan fingerprint density at radius 1 is 0.720 bits per heavy atom. The van der Waals surface area contributed by atoms with Gasteiger partial charge in [-0.15, -0.1) is 0 Å². The van der Waals surface area contributed by atoms with E-state index < -0.39 is 5.82 Å². The van der Waals surface area contributed by atoms with E-state index in [2.05, 4.69) is 0 Å². The molecular formula is C20H11FN2O2. The topological polar surface area (TPSA) is 66.0 Å². The van der Waals surface area contributed by atoms with Crippen molar-refractivity contribution in [2.45, 2.75) is 0 Å².